The van der Waals surface area contributed by atoms with Crippen LogP contribution in [0.5, 0.6) is 0 Å². The number of rotatable bonds is 4. The Hall–Kier alpha value is -3.43. The highest BCUT2D eigenvalue weighted by Crippen LogP contribution is 2.39. The van der Waals surface area contributed by atoms with E-state index in [-0.39, 0.29) is 6.54 Å². The number of likely N-dealkylation sites (tertiary alicyclic amines) is 1. The van der Waals surface area contributed by atoms with Gasteiger partial charge in [0.25, 0.3) is 0 Å². The summed E-state index contributed by atoms with van der Waals surface area (Å²) in [6.07, 6.45) is -4.32. The van der Waals surface area contributed by atoms with Gasteiger partial charge in [0.2, 0.25) is 0 Å². The Labute approximate surface area is 176 Å². The van der Waals surface area contributed by atoms with Crippen molar-refractivity contribution >= 4 is 6.09 Å². The van der Waals surface area contributed by atoms with E-state index in [2.05, 4.69) is 15.4 Å². The smallest absolute Gasteiger partial charge is 0.416 e. The van der Waals surface area contributed by atoms with Crippen molar-refractivity contribution in [1.29, 1.82) is 0 Å². The molecule has 0 bridgehead atoms. The summed E-state index contributed by atoms with van der Waals surface area (Å²) in [4.78, 5) is 14.1. The van der Waals surface area contributed by atoms with Gasteiger partial charge in [-0.3, -0.25) is 0 Å². The van der Waals surface area contributed by atoms with E-state index in [1.807, 2.05) is 30.3 Å². The first-order valence-electron chi connectivity index (χ1n) is 9.76. The Kier molecular flexibility index (Phi) is 5.38. The molecule has 0 saturated carbocycles. The predicted octanol–water partition coefficient (Wildman–Crippen LogP) is 3.80. The van der Waals surface area contributed by atoms with Crippen molar-refractivity contribution in [2.24, 2.45) is 0 Å². The number of nitrogens with zero attached hydrogens (tertiary/aromatic N) is 5. The van der Waals surface area contributed by atoms with Crippen molar-refractivity contribution in [2.45, 2.75) is 31.0 Å². The lowest BCUT2D eigenvalue weighted by Gasteiger charge is -2.39. The molecule has 2 heterocycles. The highest BCUT2D eigenvalue weighted by Gasteiger charge is 2.42. The van der Waals surface area contributed by atoms with Crippen molar-refractivity contribution in [1.82, 2.24) is 25.1 Å². The number of halogens is 3. The van der Waals surface area contributed by atoms with Gasteiger partial charge in [-0.1, -0.05) is 42.5 Å². The molecule has 0 unspecified atom stereocenters. The zero-order valence-corrected chi connectivity index (χ0v) is 16.5. The summed E-state index contributed by atoms with van der Waals surface area (Å²) in [5.41, 5.74) is 0.309. The van der Waals surface area contributed by atoms with Gasteiger partial charge in [-0.25, -0.2) is 4.79 Å². The molecule has 0 radical (unpaired) electrons. The Morgan fingerprint density at radius 2 is 1.68 bits per heavy atom. The molecule has 0 atom stereocenters. The maximum absolute atomic E-state index is 12.8. The molecule has 1 amide bonds. The minimum atomic E-state index is -4.38. The van der Waals surface area contributed by atoms with Gasteiger partial charge in [0.15, 0.2) is 5.82 Å². The normalized spacial score (nSPS) is 16.3. The quantitative estimate of drug-likeness (QED) is 0.679. The molecule has 1 aliphatic rings. The van der Waals surface area contributed by atoms with Gasteiger partial charge >= 0.3 is 12.3 Å². The second-order valence-corrected chi connectivity index (χ2v) is 7.56. The van der Waals surface area contributed by atoms with E-state index in [9.17, 15) is 23.1 Å². The van der Waals surface area contributed by atoms with Crippen LogP contribution >= 0.6 is 0 Å². The lowest BCUT2D eigenvalue weighted by Crippen LogP contribution is -2.45. The molecule has 10 heteroatoms. The fraction of sp³-hybridized carbons (Fsp3) is 0.333. The zero-order chi connectivity index (χ0) is 22.1. The standard InChI is InChI=1S/C21H20F3N5O2/c22-21(23,24)17-8-6-15(7-9-17)14-29-26-18(25-27-29)20(16-4-2-1-3-5-16)10-12-28(13-11-20)19(30)31/h1-9H,10-14H2,(H,30,31). The summed E-state index contributed by atoms with van der Waals surface area (Å²) in [5, 5.41) is 22.2. The van der Waals surface area contributed by atoms with Crippen molar-refractivity contribution in [3.63, 3.8) is 0 Å². The first-order chi connectivity index (χ1) is 14.8. The Morgan fingerprint density at radius 3 is 2.26 bits per heavy atom. The second-order valence-electron chi connectivity index (χ2n) is 7.56. The number of hydrogen-bond donors (Lipinski definition) is 1. The van der Waals surface area contributed by atoms with Crippen molar-refractivity contribution in [3.8, 4) is 0 Å². The van der Waals surface area contributed by atoms with E-state index in [0.717, 1.165) is 17.7 Å². The maximum Gasteiger partial charge on any atom is 0.416 e. The van der Waals surface area contributed by atoms with E-state index in [1.165, 1.54) is 21.8 Å². The van der Waals surface area contributed by atoms with Gasteiger partial charge in [-0.2, -0.15) is 18.0 Å². The Bertz CT molecular complexity index is 1040. The van der Waals surface area contributed by atoms with Crippen LogP contribution in [0.25, 0.3) is 0 Å². The zero-order valence-electron chi connectivity index (χ0n) is 16.5. The molecule has 1 N–H and O–H groups in total. The summed E-state index contributed by atoms with van der Waals surface area (Å²) < 4.78 is 38.3. The third-order valence-corrected chi connectivity index (χ3v) is 5.70. The maximum atomic E-state index is 12.8. The summed E-state index contributed by atoms with van der Waals surface area (Å²) in [6, 6.07) is 14.5. The molecule has 0 aliphatic carbocycles. The summed E-state index contributed by atoms with van der Waals surface area (Å²) >= 11 is 0. The molecule has 1 aliphatic heterocycles. The van der Waals surface area contributed by atoms with Crippen LogP contribution in [0.15, 0.2) is 54.6 Å². The van der Waals surface area contributed by atoms with E-state index >= 15 is 0 Å². The fourth-order valence-corrected chi connectivity index (χ4v) is 3.94. The molecule has 31 heavy (non-hydrogen) atoms. The SMILES string of the molecule is O=C(O)N1CCC(c2ccccc2)(c2nnn(Cc3ccc(C(F)(F)F)cc3)n2)CC1. The fourth-order valence-electron chi connectivity index (χ4n) is 3.94. The van der Waals surface area contributed by atoms with E-state index in [4.69, 9.17) is 0 Å². The monoisotopic (exact) mass is 431 g/mol. The van der Waals surface area contributed by atoms with Gasteiger partial charge in [0, 0.05) is 13.1 Å². The van der Waals surface area contributed by atoms with E-state index < -0.39 is 23.2 Å². The third kappa shape index (κ3) is 4.23. The molecular weight excluding hydrogens is 411 g/mol. The molecule has 2 aromatic carbocycles. The number of piperidine rings is 1. The molecule has 162 valence electrons. The largest absolute Gasteiger partial charge is 0.465 e. The van der Waals surface area contributed by atoms with Crippen LogP contribution in [0.3, 0.4) is 0 Å². The minimum Gasteiger partial charge on any atom is -0.465 e. The third-order valence-electron chi connectivity index (χ3n) is 5.70. The van der Waals surface area contributed by atoms with Gasteiger partial charge in [-0.05, 0) is 41.3 Å². The van der Waals surface area contributed by atoms with Crippen LogP contribution in [0, 0.1) is 0 Å². The van der Waals surface area contributed by atoms with Crippen molar-refractivity contribution in [2.75, 3.05) is 13.1 Å². The topological polar surface area (TPSA) is 84.1 Å². The molecule has 3 aromatic rings. The number of carboxylic acid groups (broad SMARTS) is 1. The Balaban J connectivity index is 1.59. The lowest BCUT2D eigenvalue weighted by atomic mass is 9.72. The summed E-state index contributed by atoms with van der Waals surface area (Å²) in [6.45, 7) is 0.868. The average molecular weight is 431 g/mol. The molecule has 1 aromatic heterocycles. The van der Waals surface area contributed by atoms with Gasteiger partial charge in [-0.15, -0.1) is 10.2 Å². The van der Waals surface area contributed by atoms with E-state index in [1.54, 1.807) is 0 Å². The number of amides is 1. The highest BCUT2D eigenvalue weighted by molar-refractivity contribution is 5.65. The molecule has 0 spiro atoms. The summed E-state index contributed by atoms with van der Waals surface area (Å²) in [5.74, 6) is 0.482. The van der Waals surface area contributed by atoms with Crippen LogP contribution in [0.1, 0.15) is 35.4 Å². The molecular formula is C21H20F3N5O2. The van der Waals surface area contributed by atoms with Crippen LogP contribution in [-0.4, -0.2) is 49.4 Å². The molecule has 4 rings (SSSR count). The van der Waals surface area contributed by atoms with Crippen molar-refractivity contribution < 1.29 is 23.1 Å². The molecule has 1 saturated heterocycles. The van der Waals surface area contributed by atoms with Gasteiger partial charge in [0.05, 0.1) is 17.5 Å². The lowest BCUT2D eigenvalue weighted by molar-refractivity contribution is -0.137. The first kappa shape index (κ1) is 20.8. The van der Waals surface area contributed by atoms with E-state index in [0.29, 0.717) is 37.3 Å². The van der Waals surface area contributed by atoms with Crippen LogP contribution < -0.4 is 0 Å². The van der Waals surface area contributed by atoms with Gasteiger partial charge < -0.3 is 10.0 Å². The first-order valence-corrected chi connectivity index (χ1v) is 9.76. The number of hydrogen-bond acceptors (Lipinski definition) is 4. The van der Waals surface area contributed by atoms with Crippen LogP contribution in [0.4, 0.5) is 18.0 Å². The number of carbonyl (C=O) groups is 1. The molecule has 1 fully saturated rings. The minimum absolute atomic E-state index is 0.178. The number of alkyl halides is 3. The second kappa shape index (κ2) is 8.01. The van der Waals surface area contributed by atoms with Crippen LogP contribution in [0.2, 0.25) is 0 Å². The van der Waals surface area contributed by atoms with Crippen LogP contribution in [-0.2, 0) is 18.1 Å². The Morgan fingerprint density at radius 1 is 1.03 bits per heavy atom. The van der Waals surface area contributed by atoms with Crippen molar-refractivity contribution in [3.05, 3.63) is 77.1 Å². The molecule has 7 nitrogen and oxygen atoms in total. The number of aromatic nitrogens is 4. The number of benzene rings is 2. The highest BCUT2D eigenvalue weighted by atomic mass is 19.4. The average Bonchev–Trinajstić information content (AvgIpc) is 3.23. The predicted molar refractivity (Wildman–Crippen MR) is 104 cm³/mol. The summed E-state index contributed by atoms with van der Waals surface area (Å²) in [7, 11) is 0. The number of tetrazole rings is 1. The van der Waals surface area contributed by atoms with Gasteiger partial charge in [0.1, 0.15) is 0 Å².